The number of nitrogens with zero attached hydrogens (tertiary/aromatic N) is 2. The lowest BCUT2D eigenvalue weighted by Gasteiger charge is -2.27. The third-order valence-corrected chi connectivity index (χ3v) is 2.53. The highest BCUT2D eigenvalue weighted by Crippen LogP contribution is 2.15. The van der Waals surface area contributed by atoms with Crippen molar-refractivity contribution in [3.8, 4) is 0 Å². The summed E-state index contributed by atoms with van der Waals surface area (Å²) in [5.41, 5.74) is 0.101. The Morgan fingerprint density at radius 2 is 2.06 bits per heavy atom. The van der Waals surface area contributed by atoms with Gasteiger partial charge in [-0.25, -0.2) is 0 Å². The van der Waals surface area contributed by atoms with Gasteiger partial charge in [-0.3, -0.25) is 9.78 Å². The second-order valence-electron chi connectivity index (χ2n) is 4.63. The maximum absolute atomic E-state index is 11.7. The van der Waals surface area contributed by atoms with Crippen LogP contribution < -0.4 is 5.32 Å². The molecule has 0 aliphatic heterocycles. The molecule has 0 spiro atoms. The van der Waals surface area contributed by atoms with Gasteiger partial charge in [0.05, 0.1) is 18.8 Å². The van der Waals surface area contributed by atoms with Crippen molar-refractivity contribution in [2.24, 2.45) is 0 Å². The molecule has 3 N–H and O–H groups in total. The Morgan fingerprint density at radius 3 is 2.56 bits per heavy atom. The zero-order chi connectivity index (χ0) is 13.8. The number of amides is 1. The number of aromatic nitrogens is 1. The maximum atomic E-state index is 11.7. The minimum Gasteiger partial charge on any atom is -0.394 e. The van der Waals surface area contributed by atoms with Crippen molar-refractivity contribution < 1.29 is 15.0 Å². The fourth-order valence-electron chi connectivity index (χ4n) is 1.33. The van der Waals surface area contributed by atoms with Crippen LogP contribution in [0.25, 0.3) is 0 Å². The molecule has 1 heterocycles. The summed E-state index contributed by atoms with van der Waals surface area (Å²) in [5.74, 6) is -0.201. The molecule has 1 aromatic rings. The summed E-state index contributed by atoms with van der Waals surface area (Å²) in [7, 11) is 3.30. The molecule has 1 aromatic heterocycles. The molecule has 0 aliphatic rings. The van der Waals surface area contributed by atoms with Crippen molar-refractivity contribution in [2.75, 3.05) is 32.6 Å². The van der Waals surface area contributed by atoms with Gasteiger partial charge in [0.1, 0.15) is 5.69 Å². The van der Waals surface area contributed by atoms with E-state index in [2.05, 4.69) is 10.3 Å². The van der Waals surface area contributed by atoms with Crippen LogP contribution in [0.15, 0.2) is 18.3 Å². The summed E-state index contributed by atoms with van der Waals surface area (Å²) in [5, 5.41) is 21.4. The van der Waals surface area contributed by atoms with Gasteiger partial charge in [-0.15, -0.1) is 0 Å². The van der Waals surface area contributed by atoms with E-state index in [1.165, 1.54) is 11.1 Å². The largest absolute Gasteiger partial charge is 0.394 e. The first-order chi connectivity index (χ1) is 8.41. The molecule has 0 saturated heterocycles. The lowest BCUT2D eigenvalue weighted by Crippen LogP contribution is -2.42. The summed E-state index contributed by atoms with van der Waals surface area (Å²) >= 11 is 0. The lowest BCUT2D eigenvalue weighted by molar-refractivity contribution is 0.0822. The number of anilines is 1. The first-order valence-corrected chi connectivity index (χ1v) is 5.59. The van der Waals surface area contributed by atoms with E-state index < -0.39 is 5.54 Å². The highest BCUT2D eigenvalue weighted by Gasteiger charge is 2.22. The normalized spacial score (nSPS) is 11.2. The average Bonchev–Trinajstić information content (AvgIpc) is 2.37. The fraction of sp³-hybridized carbons (Fsp3) is 0.500. The van der Waals surface area contributed by atoms with Crippen LogP contribution in [-0.2, 0) is 0 Å². The summed E-state index contributed by atoms with van der Waals surface area (Å²) < 4.78 is 0. The van der Waals surface area contributed by atoms with E-state index in [4.69, 9.17) is 0 Å². The third-order valence-electron chi connectivity index (χ3n) is 2.53. The zero-order valence-electron chi connectivity index (χ0n) is 10.8. The molecule has 18 heavy (non-hydrogen) atoms. The summed E-state index contributed by atoms with van der Waals surface area (Å²) in [6.45, 7) is 1.24. The van der Waals surface area contributed by atoms with Crippen LogP contribution in [0.1, 0.15) is 17.4 Å². The molecule has 0 aliphatic carbocycles. The van der Waals surface area contributed by atoms with Crippen molar-refractivity contribution >= 4 is 11.6 Å². The molecule has 0 bridgehead atoms. The second kappa shape index (κ2) is 5.79. The van der Waals surface area contributed by atoms with Crippen LogP contribution in [0.2, 0.25) is 0 Å². The van der Waals surface area contributed by atoms with E-state index in [1.54, 1.807) is 33.2 Å². The molecule has 0 aromatic carbocycles. The Bertz CT molecular complexity index is 417. The van der Waals surface area contributed by atoms with E-state index in [0.717, 1.165) is 0 Å². The molecule has 0 radical (unpaired) electrons. The van der Waals surface area contributed by atoms with Gasteiger partial charge in [0.2, 0.25) is 0 Å². The quantitative estimate of drug-likeness (QED) is 0.684. The van der Waals surface area contributed by atoms with Crippen molar-refractivity contribution in [1.29, 1.82) is 0 Å². The highest BCUT2D eigenvalue weighted by atomic mass is 16.3. The number of hydrogen-bond donors (Lipinski definition) is 3. The van der Waals surface area contributed by atoms with Crippen LogP contribution in [0.5, 0.6) is 0 Å². The standard InChI is InChI=1S/C12H19N3O3/c1-12(7-16,8-17)14-9-4-5-13-10(6-9)11(18)15(2)3/h4-6,16-17H,7-8H2,1-3H3,(H,13,14). The van der Waals surface area contributed by atoms with Gasteiger partial charge < -0.3 is 20.4 Å². The molecule has 0 atom stereocenters. The Labute approximate surface area is 106 Å². The fourth-order valence-corrected chi connectivity index (χ4v) is 1.33. The Hall–Kier alpha value is -1.66. The number of hydrogen-bond acceptors (Lipinski definition) is 5. The van der Waals surface area contributed by atoms with Gasteiger partial charge >= 0.3 is 0 Å². The van der Waals surface area contributed by atoms with Crippen LogP contribution in [-0.4, -0.2) is 58.9 Å². The van der Waals surface area contributed by atoms with Crippen LogP contribution in [0.4, 0.5) is 5.69 Å². The zero-order valence-corrected chi connectivity index (χ0v) is 10.8. The van der Waals surface area contributed by atoms with E-state index in [1.807, 2.05) is 0 Å². The Kier molecular flexibility index (Phi) is 4.63. The summed E-state index contributed by atoms with van der Waals surface area (Å²) in [4.78, 5) is 17.2. The SMILES string of the molecule is CN(C)C(=O)c1cc(NC(C)(CO)CO)ccn1. The predicted octanol–water partition coefficient (Wildman–Crippen LogP) is -0.0614. The number of pyridine rings is 1. The van der Waals surface area contributed by atoms with E-state index >= 15 is 0 Å². The van der Waals surface area contributed by atoms with E-state index in [9.17, 15) is 15.0 Å². The number of carbonyl (C=O) groups is 1. The average molecular weight is 253 g/mol. The molecular weight excluding hydrogens is 234 g/mol. The number of rotatable bonds is 5. The van der Waals surface area contributed by atoms with Crippen LogP contribution >= 0.6 is 0 Å². The molecule has 0 unspecified atom stereocenters. The van der Waals surface area contributed by atoms with Gasteiger partial charge in [0.25, 0.3) is 5.91 Å². The lowest BCUT2D eigenvalue weighted by atomic mass is 10.1. The Morgan fingerprint density at radius 1 is 1.44 bits per heavy atom. The number of carbonyl (C=O) groups excluding carboxylic acids is 1. The van der Waals surface area contributed by atoms with Crippen LogP contribution in [0, 0.1) is 0 Å². The van der Waals surface area contributed by atoms with E-state index in [0.29, 0.717) is 11.4 Å². The van der Waals surface area contributed by atoms with Crippen molar-refractivity contribution in [3.63, 3.8) is 0 Å². The minimum absolute atomic E-state index is 0.201. The highest BCUT2D eigenvalue weighted by molar-refractivity contribution is 5.92. The topological polar surface area (TPSA) is 85.7 Å². The van der Waals surface area contributed by atoms with Crippen molar-refractivity contribution in [2.45, 2.75) is 12.5 Å². The molecule has 1 amide bonds. The summed E-state index contributed by atoms with van der Waals surface area (Å²) in [6, 6.07) is 3.27. The number of aliphatic hydroxyl groups excluding tert-OH is 2. The molecular formula is C12H19N3O3. The Balaban J connectivity index is 2.92. The van der Waals surface area contributed by atoms with Crippen molar-refractivity contribution in [3.05, 3.63) is 24.0 Å². The predicted molar refractivity (Wildman–Crippen MR) is 68.5 cm³/mol. The second-order valence-corrected chi connectivity index (χ2v) is 4.63. The molecule has 6 heteroatoms. The molecule has 0 fully saturated rings. The van der Waals surface area contributed by atoms with Crippen molar-refractivity contribution in [1.82, 2.24) is 9.88 Å². The molecule has 1 rings (SSSR count). The molecule has 100 valence electrons. The van der Waals surface area contributed by atoms with Gasteiger partial charge in [-0.05, 0) is 19.1 Å². The molecule has 6 nitrogen and oxygen atoms in total. The monoisotopic (exact) mass is 253 g/mol. The number of nitrogens with one attached hydrogen (secondary N) is 1. The van der Waals surface area contributed by atoms with Gasteiger partial charge in [-0.2, -0.15) is 0 Å². The van der Waals surface area contributed by atoms with Gasteiger partial charge in [-0.1, -0.05) is 0 Å². The first kappa shape index (κ1) is 14.4. The smallest absolute Gasteiger partial charge is 0.272 e. The third kappa shape index (κ3) is 3.41. The first-order valence-electron chi connectivity index (χ1n) is 5.59. The number of aliphatic hydroxyl groups is 2. The van der Waals surface area contributed by atoms with Gasteiger partial charge in [0.15, 0.2) is 0 Å². The van der Waals surface area contributed by atoms with Crippen LogP contribution in [0.3, 0.4) is 0 Å². The maximum Gasteiger partial charge on any atom is 0.272 e. The minimum atomic E-state index is -0.834. The van der Waals surface area contributed by atoms with E-state index in [-0.39, 0.29) is 19.1 Å². The van der Waals surface area contributed by atoms with Gasteiger partial charge in [0, 0.05) is 26.0 Å². The summed E-state index contributed by atoms with van der Waals surface area (Å²) in [6.07, 6.45) is 1.51. The molecule has 0 saturated carbocycles.